The van der Waals surface area contributed by atoms with Gasteiger partial charge in [-0.05, 0) is 68.7 Å². The van der Waals surface area contributed by atoms with Crippen molar-refractivity contribution >= 4 is 21.7 Å². The van der Waals surface area contributed by atoms with Crippen molar-refractivity contribution in [3.8, 4) is 17.6 Å². The third kappa shape index (κ3) is 8.79. The SMILES string of the molecule is CC(C)OC(=O)CCc1ccccc1OCCCC#Cc1cccc(NS(=O)(=O)c2ccccc2)c1. The highest BCUT2D eigenvalue weighted by Crippen LogP contribution is 2.20. The van der Waals surface area contributed by atoms with Crippen LogP contribution >= 0.6 is 0 Å². The topological polar surface area (TPSA) is 81.7 Å². The number of hydrogen-bond acceptors (Lipinski definition) is 5. The molecular weight excluding hydrogens is 474 g/mol. The molecule has 0 saturated carbocycles. The lowest BCUT2D eigenvalue weighted by atomic mass is 10.1. The molecule has 0 aromatic heterocycles. The summed E-state index contributed by atoms with van der Waals surface area (Å²) in [6.07, 6.45) is 2.11. The largest absolute Gasteiger partial charge is 0.493 e. The molecule has 36 heavy (non-hydrogen) atoms. The first kappa shape index (κ1) is 26.8. The minimum absolute atomic E-state index is 0.119. The molecular formula is C29H31NO5S. The van der Waals surface area contributed by atoms with Crippen LogP contribution in [0.15, 0.2) is 83.8 Å². The Labute approximate surface area is 213 Å². The second-order valence-electron chi connectivity index (χ2n) is 8.40. The van der Waals surface area contributed by atoms with Gasteiger partial charge in [-0.2, -0.15) is 0 Å². The maximum absolute atomic E-state index is 12.5. The summed E-state index contributed by atoms with van der Waals surface area (Å²) in [5.41, 5.74) is 2.16. The molecule has 3 aromatic rings. The van der Waals surface area contributed by atoms with E-state index in [9.17, 15) is 13.2 Å². The molecule has 0 radical (unpaired) electrons. The number of aryl methyl sites for hydroxylation is 1. The molecule has 0 saturated heterocycles. The van der Waals surface area contributed by atoms with Crippen LogP contribution in [-0.4, -0.2) is 27.1 Å². The Morgan fingerprint density at radius 3 is 2.50 bits per heavy atom. The second-order valence-corrected chi connectivity index (χ2v) is 10.1. The monoisotopic (exact) mass is 505 g/mol. The number of benzene rings is 3. The van der Waals surface area contributed by atoms with E-state index in [0.717, 1.165) is 23.3 Å². The van der Waals surface area contributed by atoms with Crippen molar-refractivity contribution < 1.29 is 22.7 Å². The van der Waals surface area contributed by atoms with Crippen LogP contribution < -0.4 is 9.46 Å². The van der Waals surface area contributed by atoms with Gasteiger partial charge in [0.15, 0.2) is 0 Å². The molecule has 188 valence electrons. The van der Waals surface area contributed by atoms with Gasteiger partial charge in [0, 0.05) is 18.4 Å². The number of sulfonamides is 1. The van der Waals surface area contributed by atoms with Gasteiger partial charge in [0.2, 0.25) is 0 Å². The standard InChI is InChI=1S/C29H31NO5S/c1-23(2)35-29(31)20-19-25-14-8-9-18-28(25)34-21-10-4-5-12-24-13-11-15-26(22-24)30-36(32,33)27-16-6-3-7-17-27/h3,6-9,11,13-18,22-23,30H,4,10,19-21H2,1-2H3. The molecule has 1 N–H and O–H groups in total. The van der Waals surface area contributed by atoms with Gasteiger partial charge in [0.05, 0.1) is 23.3 Å². The van der Waals surface area contributed by atoms with Gasteiger partial charge in [-0.3, -0.25) is 9.52 Å². The molecule has 0 spiro atoms. The summed E-state index contributed by atoms with van der Waals surface area (Å²) in [6, 6.07) is 22.9. The molecule has 0 fully saturated rings. The number of nitrogens with one attached hydrogen (secondary N) is 1. The van der Waals surface area contributed by atoms with Crippen LogP contribution in [0.4, 0.5) is 5.69 Å². The molecule has 0 bridgehead atoms. The smallest absolute Gasteiger partial charge is 0.306 e. The van der Waals surface area contributed by atoms with Crippen molar-refractivity contribution in [3.63, 3.8) is 0 Å². The van der Waals surface area contributed by atoms with E-state index in [1.54, 1.807) is 48.5 Å². The lowest BCUT2D eigenvalue weighted by Crippen LogP contribution is -2.12. The van der Waals surface area contributed by atoms with Crippen LogP contribution in [0.2, 0.25) is 0 Å². The highest BCUT2D eigenvalue weighted by molar-refractivity contribution is 7.92. The summed E-state index contributed by atoms with van der Waals surface area (Å²) in [4.78, 5) is 12.0. The summed E-state index contributed by atoms with van der Waals surface area (Å²) in [5.74, 6) is 6.74. The first-order valence-corrected chi connectivity index (χ1v) is 13.4. The van der Waals surface area contributed by atoms with E-state index in [2.05, 4.69) is 16.6 Å². The number of rotatable bonds is 11. The fourth-order valence-electron chi connectivity index (χ4n) is 3.39. The van der Waals surface area contributed by atoms with Crippen molar-refractivity contribution in [1.82, 2.24) is 0 Å². The minimum Gasteiger partial charge on any atom is -0.493 e. The number of esters is 1. The Kier molecular flexibility index (Phi) is 9.96. The van der Waals surface area contributed by atoms with Gasteiger partial charge in [-0.1, -0.05) is 54.3 Å². The summed E-state index contributed by atoms with van der Waals surface area (Å²) < 4.78 is 38.7. The van der Waals surface area contributed by atoms with Crippen LogP contribution in [0.5, 0.6) is 5.75 Å². The average Bonchev–Trinajstić information content (AvgIpc) is 2.85. The maximum atomic E-state index is 12.5. The fraction of sp³-hybridized carbons (Fsp3) is 0.276. The number of carbonyl (C=O) groups excluding carboxylic acids is 1. The fourth-order valence-corrected chi connectivity index (χ4v) is 4.46. The molecule has 6 nitrogen and oxygen atoms in total. The average molecular weight is 506 g/mol. The lowest BCUT2D eigenvalue weighted by Gasteiger charge is -2.11. The van der Waals surface area contributed by atoms with Crippen LogP contribution in [0.1, 0.15) is 44.2 Å². The van der Waals surface area contributed by atoms with Gasteiger partial charge < -0.3 is 9.47 Å². The third-order valence-corrected chi connectivity index (χ3v) is 6.44. The molecule has 0 aliphatic rings. The van der Waals surface area contributed by atoms with Gasteiger partial charge in [-0.25, -0.2) is 8.42 Å². The van der Waals surface area contributed by atoms with Crippen LogP contribution in [0.3, 0.4) is 0 Å². The molecule has 0 heterocycles. The molecule has 0 aliphatic heterocycles. The van der Waals surface area contributed by atoms with Crippen LogP contribution in [0.25, 0.3) is 0 Å². The Bertz CT molecular complexity index is 1310. The normalized spacial score (nSPS) is 10.9. The predicted molar refractivity (Wildman–Crippen MR) is 141 cm³/mol. The summed E-state index contributed by atoms with van der Waals surface area (Å²) >= 11 is 0. The minimum atomic E-state index is -3.65. The van der Waals surface area contributed by atoms with Gasteiger partial charge in [0.1, 0.15) is 5.75 Å². The van der Waals surface area contributed by atoms with Crippen molar-refractivity contribution in [2.24, 2.45) is 0 Å². The molecule has 3 aromatic carbocycles. The zero-order valence-electron chi connectivity index (χ0n) is 20.6. The van der Waals surface area contributed by atoms with E-state index >= 15 is 0 Å². The predicted octanol–water partition coefficient (Wildman–Crippen LogP) is 5.58. The highest BCUT2D eigenvalue weighted by Gasteiger charge is 2.13. The second kappa shape index (κ2) is 13.4. The Balaban J connectivity index is 1.48. The maximum Gasteiger partial charge on any atom is 0.306 e. The van der Waals surface area contributed by atoms with Crippen LogP contribution in [-0.2, 0) is 26.0 Å². The number of para-hydroxylation sites is 1. The molecule has 0 atom stereocenters. The van der Waals surface area contributed by atoms with Crippen molar-refractivity contribution in [3.05, 3.63) is 90.0 Å². The van der Waals surface area contributed by atoms with E-state index in [0.29, 0.717) is 31.6 Å². The number of unbranched alkanes of at least 4 members (excludes halogenated alkanes) is 1. The zero-order chi connectivity index (χ0) is 25.8. The number of carbonyl (C=O) groups is 1. The van der Waals surface area contributed by atoms with Crippen molar-refractivity contribution in [2.45, 2.75) is 50.5 Å². The Morgan fingerprint density at radius 1 is 0.972 bits per heavy atom. The lowest BCUT2D eigenvalue weighted by molar-refractivity contribution is -0.147. The summed E-state index contributed by atoms with van der Waals surface area (Å²) in [6.45, 7) is 4.17. The zero-order valence-corrected chi connectivity index (χ0v) is 21.4. The highest BCUT2D eigenvalue weighted by atomic mass is 32.2. The quantitative estimate of drug-likeness (QED) is 0.209. The molecule has 3 rings (SSSR count). The number of hydrogen-bond donors (Lipinski definition) is 1. The van der Waals surface area contributed by atoms with Gasteiger partial charge in [0.25, 0.3) is 10.0 Å². The van der Waals surface area contributed by atoms with E-state index < -0.39 is 10.0 Å². The molecule has 0 unspecified atom stereocenters. The van der Waals surface area contributed by atoms with E-state index in [1.807, 2.05) is 44.2 Å². The van der Waals surface area contributed by atoms with E-state index in [4.69, 9.17) is 9.47 Å². The number of ether oxygens (including phenoxy) is 2. The van der Waals surface area contributed by atoms with Crippen LogP contribution in [0, 0.1) is 11.8 Å². The van der Waals surface area contributed by atoms with E-state index in [1.165, 1.54) is 0 Å². The van der Waals surface area contributed by atoms with E-state index in [-0.39, 0.29) is 17.0 Å². The van der Waals surface area contributed by atoms with Gasteiger partial charge >= 0.3 is 5.97 Å². The summed E-state index contributed by atoms with van der Waals surface area (Å²) in [7, 11) is -3.65. The van der Waals surface area contributed by atoms with Crippen molar-refractivity contribution in [2.75, 3.05) is 11.3 Å². The van der Waals surface area contributed by atoms with Gasteiger partial charge in [-0.15, -0.1) is 0 Å². The molecule has 0 amide bonds. The molecule has 7 heteroatoms. The summed E-state index contributed by atoms with van der Waals surface area (Å²) in [5, 5.41) is 0. The Morgan fingerprint density at radius 2 is 1.72 bits per heavy atom. The third-order valence-electron chi connectivity index (χ3n) is 5.04. The van der Waals surface area contributed by atoms with Crippen molar-refractivity contribution in [1.29, 1.82) is 0 Å². The first-order valence-electron chi connectivity index (χ1n) is 11.9. The first-order chi connectivity index (χ1) is 17.3. The molecule has 0 aliphatic carbocycles. The number of anilines is 1. The Hall–Kier alpha value is -3.76.